The second-order valence-corrected chi connectivity index (χ2v) is 9.68. The topological polar surface area (TPSA) is 65.1 Å². The number of halogens is 1. The van der Waals surface area contributed by atoms with Crippen LogP contribution in [0.2, 0.25) is 0 Å². The van der Waals surface area contributed by atoms with Gasteiger partial charge in [-0.3, -0.25) is 4.84 Å². The highest BCUT2D eigenvalue weighted by atomic mass is 32.2. The van der Waals surface area contributed by atoms with Crippen molar-refractivity contribution in [3.8, 4) is 11.5 Å². The normalized spacial score (nSPS) is 19.1. The summed E-state index contributed by atoms with van der Waals surface area (Å²) in [6.45, 7) is 0.303. The molecule has 3 aromatic carbocycles. The maximum absolute atomic E-state index is 13.3. The molecular weight excluding hydrogens is 433 g/mol. The third-order valence-electron chi connectivity index (χ3n) is 5.49. The van der Waals surface area contributed by atoms with E-state index in [0.29, 0.717) is 11.5 Å². The third kappa shape index (κ3) is 4.48. The van der Waals surface area contributed by atoms with E-state index in [0.717, 1.165) is 11.1 Å². The van der Waals surface area contributed by atoms with Crippen LogP contribution in [0, 0.1) is 5.82 Å². The fraction of sp³-hybridized carbons (Fsp3) is 0.250. The molecule has 0 aliphatic carbocycles. The molecular formula is C24H24FNO5S. The molecule has 0 amide bonds. The predicted octanol–water partition coefficient (Wildman–Crippen LogP) is 4.17. The monoisotopic (exact) mass is 457 g/mol. The summed E-state index contributed by atoms with van der Waals surface area (Å²) in [5, 5.41) is 0.796. The number of hydroxylamine groups is 2. The zero-order valence-electron chi connectivity index (χ0n) is 17.8. The van der Waals surface area contributed by atoms with Crippen molar-refractivity contribution in [2.45, 2.75) is 22.8 Å². The van der Waals surface area contributed by atoms with Crippen molar-refractivity contribution in [3.05, 3.63) is 89.7 Å². The minimum absolute atomic E-state index is 0.0591. The summed E-state index contributed by atoms with van der Waals surface area (Å²) >= 11 is 0. The summed E-state index contributed by atoms with van der Waals surface area (Å²) in [5.74, 6) is 0.670. The van der Waals surface area contributed by atoms with E-state index in [1.165, 1.54) is 19.2 Å². The Morgan fingerprint density at radius 1 is 1.03 bits per heavy atom. The Morgan fingerprint density at radius 3 is 2.44 bits per heavy atom. The van der Waals surface area contributed by atoms with Gasteiger partial charge in [0.25, 0.3) is 0 Å². The summed E-state index contributed by atoms with van der Waals surface area (Å²) in [4.78, 5) is 5.87. The van der Waals surface area contributed by atoms with Crippen LogP contribution in [-0.2, 0) is 21.3 Å². The summed E-state index contributed by atoms with van der Waals surface area (Å²) in [7, 11) is -0.374. The van der Waals surface area contributed by atoms with Gasteiger partial charge in [0.2, 0.25) is 0 Å². The van der Waals surface area contributed by atoms with Crippen molar-refractivity contribution in [3.63, 3.8) is 0 Å². The third-order valence-corrected chi connectivity index (χ3v) is 7.61. The Hall–Kier alpha value is -2.94. The van der Waals surface area contributed by atoms with Crippen LogP contribution in [0.25, 0.3) is 0 Å². The molecule has 2 atom stereocenters. The quantitative estimate of drug-likeness (QED) is 0.531. The largest absolute Gasteiger partial charge is 0.493 e. The molecule has 3 aromatic rings. The van der Waals surface area contributed by atoms with Crippen molar-refractivity contribution in [2.24, 2.45) is 0 Å². The summed E-state index contributed by atoms with van der Waals surface area (Å²) < 4.78 is 51.0. The molecule has 1 aliphatic heterocycles. The van der Waals surface area contributed by atoms with Gasteiger partial charge in [-0.05, 0) is 47.5 Å². The Kier molecular flexibility index (Phi) is 6.45. The SMILES string of the molecule is COc1cc([C@H]2[C@@H](S(=O)(=O)c3ccccc3)CON2C)ccc1OCc1ccc(F)cc1. The van der Waals surface area contributed by atoms with E-state index in [9.17, 15) is 12.8 Å². The smallest absolute Gasteiger partial charge is 0.185 e. The van der Waals surface area contributed by atoms with E-state index in [1.807, 2.05) is 6.07 Å². The number of benzene rings is 3. The average Bonchev–Trinajstić information content (AvgIpc) is 3.21. The number of rotatable bonds is 7. The van der Waals surface area contributed by atoms with E-state index in [4.69, 9.17) is 14.3 Å². The molecule has 0 aromatic heterocycles. The highest BCUT2D eigenvalue weighted by Gasteiger charge is 2.44. The minimum atomic E-state index is -3.62. The molecule has 32 heavy (non-hydrogen) atoms. The zero-order valence-corrected chi connectivity index (χ0v) is 18.6. The number of nitrogens with zero attached hydrogens (tertiary/aromatic N) is 1. The molecule has 1 heterocycles. The minimum Gasteiger partial charge on any atom is -0.493 e. The average molecular weight is 458 g/mol. The first kappa shape index (κ1) is 22.3. The van der Waals surface area contributed by atoms with Crippen LogP contribution >= 0.6 is 0 Å². The number of methoxy groups -OCH3 is 1. The van der Waals surface area contributed by atoms with Gasteiger partial charge in [-0.15, -0.1) is 0 Å². The fourth-order valence-corrected chi connectivity index (χ4v) is 5.59. The van der Waals surface area contributed by atoms with Gasteiger partial charge in [0, 0.05) is 7.05 Å². The van der Waals surface area contributed by atoms with Gasteiger partial charge < -0.3 is 9.47 Å². The van der Waals surface area contributed by atoms with E-state index in [-0.39, 0.29) is 23.9 Å². The molecule has 1 fully saturated rings. The maximum atomic E-state index is 13.3. The number of hydrogen-bond donors (Lipinski definition) is 0. The first-order valence-electron chi connectivity index (χ1n) is 10.1. The summed E-state index contributed by atoms with van der Waals surface area (Å²) in [5.41, 5.74) is 1.55. The van der Waals surface area contributed by atoms with Crippen LogP contribution in [0.4, 0.5) is 4.39 Å². The Balaban J connectivity index is 1.59. The lowest BCUT2D eigenvalue weighted by Crippen LogP contribution is -2.31. The molecule has 0 saturated carbocycles. The Labute approximate surface area is 187 Å². The van der Waals surface area contributed by atoms with E-state index >= 15 is 0 Å². The fourth-order valence-electron chi connectivity index (χ4n) is 3.79. The molecule has 1 saturated heterocycles. The first-order chi connectivity index (χ1) is 15.4. The second kappa shape index (κ2) is 9.28. The lowest BCUT2D eigenvalue weighted by Gasteiger charge is -2.24. The van der Waals surface area contributed by atoms with Crippen molar-refractivity contribution >= 4 is 9.84 Å². The molecule has 0 N–H and O–H groups in total. The number of hydrogen-bond acceptors (Lipinski definition) is 6. The Morgan fingerprint density at radius 2 is 1.75 bits per heavy atom. The molecule has 0 radical (unpaired) electrons. The van der Waals surface area contributed by atoms with Gasteiger partial charge in [-0.2, -0.15) is 5.06 Å². The van der Waals surface area contributed by atoms with Crippen LogP contribution in [0.5, 0.6) is 11.5 Å². The molecule has 168 valence electrons. The highest BCUT2D eigenvalue weighted by Crippen LogP contribution is 2.39. The number of ether oxygens (including phenoxy) is 2. The van der Waals surface area contributed by atoms with Crippen LogP contribution in [0.15, 0.2) is 77.7 Å². The number of sulfone groups is 1. The van der Waals surface area contributed by atoms with Crippen molar-refractivity contribution in [1.29, 1.82) is 0 Å². The van der Waals surface area contributed by atoms with Gasteiger partial charge in [-0.1, -0.05) is 36.4 Å². The lowest BCUT2D eigenvalue weighted by molar-refractivity contribution is -0.110. The molecule has 1 aliphatic rings. The first-order valence-corrected chi connectivity index (χ1v) is 11.6. The highest BCUT2D eigenvalue weighted by molar-refractivity contribution is 7.92. The summed E-state index contributed by atoms with van der Waals surface area (Å²) in [6, 6.07) is 19.3. The standard InChI is InChI=1S/C24H24FNO5S/c1-26-24(23(16-31-26)32(27,28)20-6-4-3-5-7-20)18-10-13-21(22(14-18)29-2)30-15-17-8-11-19(25)12-9-17/h3-14,23-24H,15-16H2,1-2H3/t23-,24-/m0/s1. The molecule has 0 unspecified atom stereocenters. The Bertz CT molecular complexity index is 1170. The van der Waals surface area contributed by atoms with E-state index in [1.54, 1.807) is 66.7 Å². The van der Waals surface area contributed by atoms with Crippen LogP contribution in [-0.4, -0.2) is 39.5 Å². The molecule has 8 heteroatoms. The summed E-state index contributed by atoms with van der Waals surface area (Å²) in [6.07, 6.45) is 0. The van der Waals surface area contributed by atoms with Crippen LogP contribution in [0.3, 0.4) is 0 Å². The molecule has 0 bridgehead atoms. The van der Waals surface area contributed by atoms with Gasteiger partial charge >= 0.3 is 0 Å². The molecule has 6 nitrogen and oxygen atoms in total. The van der Waals surface area contributed by atoms with Crippen LogP contribution < -0.4 is 9.47 Å². The van der Waals surface area contributed by atoms with Crippen molar-refractivity contribution in [2.75, 3.05) is 20.8 Å². The van der Waals surface area contributed by atoms with Gasteiger partial charge in [-0.25, -0.2) is 12.8 Å². The van der Waals surface area contributed by atoms with Crippen molar-refractivity contribution in [1.82, 2.24) is 5.06 Å². The van der Waals surface area contributed by atoms with Crippen LogP contribution in [0.1, 0.15) is 17.2 Å². The zero-order chi connectivity index (χ0) is 22.7. The lowest BCUT2D eigenvalue weighted by atomic mass is 10.0. The molecule has 4 rings (SSSR count). The van der Waals surface area contributed by atoms with Crippen molar-refractivity contribution < 1.29 is 27.1 Å². The maximum Gasteiger partial charge on any atom is 0.185 e. The van der Waals surface area contributed by atoms with Gasteiger partial charge in [0.05, 0.1) is 24.7 Å². The van der Waals surface area contributed by atoms with Gasteiger partial charge in [0.1, 0.15) is 17.7 Å². The van der Waals surface area contributed by atoms with E-state index in [2.05, 4.69) is 0 Å². The van der Waals surface area contributed by atoms with Gasteiger partial charge in [0.15, 0.2) is 21.3 Å². The molecule has 0 spiro atoms. The van der Waals surface area contributed by atoms with E-state index < -0.39 is 21.1 Å². The second-order valence-electron chi connectivity index (χ2n) is 7.51. The predicted molar refractivity (Wildman–Crippen MR) is 118 cm³/mol.